The Morgan fingerprint density at radius 3 is 2.86 bits per heavy atom. The third kappa shape index (κ3) is 2.46. The average molecular weight is 392 g/mol. The lowest BCUT2D eigenvalue weighted by Crippen LogP contribution is -2.14. The first-order valence-electron chi connectivity index (χ1n) is 6.06. The van der Waals surface area contributed by atoms with Crippen molar-refractivity contribution in [2.24, 2.45) is 0 Å². The predicted octanol–water partition coefficient (Wildman–Crippen LogP) is 3.71. The lowest BCUT2D eigenvalue weighted by Gasteiger charge is -2.16. The molecule has 110 valence electrons. The predicted molar refractivity (Wildman–Crippen MR) is 81.6 cm³/mol. The van der Waals surface area contributed by atoms with E-state index in [1.54, 1.807) is 16.8 Å². The van der Waals surface area contributed by atoms with Crippen molar-refractivity contribution >= 4 is 45.1 Å². The van der Waals surface area contributed by atoms with Crippen molar-refractivity contribution in [3.8, 4) is 5.69 Å². The van der Waals surface area contributed by atoms with Gasteiger partial charge >= 0.3 is 5.97 Å². The van der Waals surface area contributed by atoms with E-state index in [4.69, 9.17) is 27.9 Å². The molecular formula is C13H9BrCl2N2O3. The van der Waals surface area contributed by atoms with Gasteiger partial charge in [-0.15, -0.1) is 0 Å². The second-order valence-corrected chi connectivity index (χ2v) is 6.10. The summed E-state index contributed by atoms with van der Waals surface area (Å²) in [6.07, 6.45) is 0.569. The molecule has 0 bridgehead atoms. The molecule has 0 radical (unpaired) electrons. The summed E-state index contributed by atoms with van der Waals surface area (Å²) >= 11 is 15.7. The van der Waals surface area contributed by atoms with E-state index >= 15 is 0 Å². The highest BCUT2D eigenvalue weighted by Crippen LogP contribution is 2.36. The standard InChI is InChI=1S/C13H9BrCl2N2O3/c14-7-1-2-9(11(16)10(7)15)18-8-3-4-21-5-6(8)12(17-18)13(19)20/h1-2H,3-5H2,(H,19,20). The van der Waals surface area contributed by atoms with Crippen LogP contribution >= 0.6 is 39.1 Å². The fourth-order valence-corrected chi connectivity index (χ4v) is 3.14. The zero-order valence-electron chi connectivity index (χ0n) is 10.6. The number of nitrogens with zero attached hydrogens (tertiary/aromatic N) is 2. The number of halogens is 3. The molecule has 0 fully saturated rings. The molecule has 1 aliphatic heterocycles. The maximum Gasteiger partial charge on any atom is 0.356 e. The van der Waals surface area contributed by atoms with Crippen LogP contribution < -0.4 is 0 Å². The molecule has 0 aliphatic carbocycles. The van der Waals surface area contributed by atoms with Gasteiger partial charge < -0.3 is 9.84 Å². The Morgan fingerprint density at radius 1 is 1.38 bits per heavy atom. The smallest absolute Gasteiger partial charge is 0.356 e. The van der Waals surface area contributed by atoms with Crippen LogP contribution in [0.3, 0.4) is 0 Å². The molecule has 0 saturated heterocycles. The van der Waals surface area contributed by atoms with Gasteiger partial charge in [-0.3, -0.25) is 0 Å². The van der Waals surface area contributed by atoms with Gasteiger partial charge in [-0.25, -0.2) is 9.48 Å². The number of carboxylic acids is 1. The average Bonchev–Trinajstić information content (AvgIpc) is 2.85. The van der Waals surface area contributed by atoms with E-state index < -0.39 is 5.97 Å². The fraction of sp³-hybridized carbons (Fsp3) is 0.231. The Kier molecular flexibility index (Phi) is 3.96. The number of carboxylic acid groups (broad SMARTS) is 1. The van der Waals surface area contributed by atoms with Gasteiger partial charge in [0.05, 0.1) is 34.6 Å². The number of hydrogen-bond acceptors (Lipinski definition) is 3. The van der Waals surface area contributed by atoms with Crippen molar-refractivity contribution in [1.82, 2.24) is 9.78 Å². The topological polar surface area (TPSA) is 64.3 Å². The number of ether oxygens (including phenoxy) is 1. The number of aromatic nitrogens is 2. The van der Waals surface area contributed by atoms with Crippen LogP contribution in [0.5, 0.6) is 0 Å². The molecule has 0 atom stereocenters. The third-order valence-electron chi connectivity index (χ3n) is 3.27. The van der Waals surface area contributed by atoms with Crippen molar-refractivity contribution in [3.05, 3.63) is 43.6 Å². The quantitative estimate of drug-likeness (QED) is 0.792. The minimum Gasteiger partial charge on any atom is -0.476 e. The highest BCUT2D eigenvalue weighted by atomic mass is 79.9. The third-order valence-corrected chi connectivity index (χ3v) is 5.03. The molecule has 2 heterocycles. The number of aromatic carboxylic acids is 1. The van der Waals surface area contributed by atoms with Gasteiger partial charge in [0, 0.05) is 16.5 Å². The molecule has 1 aliphatic rings. The summed E-state index contributed by atoms with van der Waals surface area (Å²) < 4.78 is 7.54. The van der Waals surface area contributed by atoms with Crippen molar-refractivity contribution < 1.29 is 14.6 Å². The first-order chi connectivity index (χ1) is 10.0. The molecule has 0 spiro atoms. The summed E-state index contributed by atoms with van der Waals surface area (Å²) in [6.45, 7) is 0.748. The molecule has 8 heteroatoms. The number of hydrogen-bond donors (Lipinski definition) is 1. The number of benzene rings is 1. The second-order valence-electron chi connectivity index (χ2n) is 4.49. The van der Waals surface area contributed by atoms with E-state index in [1.165, 1.54) is 0 Å². The van der Waals surface area contributed by atoms with Crippen LogP contribution in [-0.2, 0) is 17.8 Å². The van der Waals surface area contributed by atoms with Crippen LogP contribution in [0.1, 0.15) is 21.7 Å². The van der Waals surface area contributed by atoms with Crippen LogP contribution in [0.25, 0.3) is 5.69 Å². The van der Waals surface area contributed by atoms with Crippen LogP contribution in [0.4, 0.5) is 0 Å². The largest absolute Gasteiger partial charge is 0.476 e. The molecule has 0 amide bonds. The van der Waals surface area contributed by atoms with Gasteiger partial charge in [-0.1, -0.05) is 23.2 Å². The van der Waals surface area contributed by atoms with Crippen molar-refractivity contribution in [2.45, 2.75) is 13.0 Å². The Bertz CT molecular complexity index is 746. The maximum absolute atomic E-state index is 11.3. The zero-order chi connectivity index (χ0) is 15.1. The lowest BCUT2D eigenvalue weighted by molar-refractivity contribution is 0.0677. The van der Waals surface area contributed by atoms with Gasteiger partial charge in [0.1, 0.15) is 0 Å². The minimum absolute atomic E-state index is 0.0141. The van der Waals surface area contributed by atoms with Gasteiger partial charge in [0.15, 0.2) is 5.69 Å². The van der Waals surface area contributed by atoms with E-state index in [0.29, 0.717) is 38.8 Å². The van der Waals surface area contributed by atoms with Gasteiger partial charge in [-0.05, 0) is 28.1 Å². The lowest BCUT2D eigenvalue weighted by atomic mass is 10.1. The normalized spacial score (nSPS) is 14.0. The summed E-state index contributed by atoms with van der Waals surface area (Å²) in [6, 6.07) is 3.49. The number of fused-ring (bicyclic) bond motifs is 1. The highest BCUT2D eigenvalue weighted by Gasteiger charge is 2.27. The molecular weight excluding hydrogens is 383 g/mol. The van der Waals surface area contributed by atoms with E-state index in [9.17, 15) is 9.90 Å². The molecule has 0 unspecified atom stereocenters. The number of rotatable bonds is 2. The Morgan fingerprint density at radius 2 is 2.14 bits per heavy atom. The molecule has 0 saturated carbocycles. The second kappa shape index (κ2) is 5.61. The first-order valence-corrected chi connectivity index (χ1v) is 7.61. The van der Waals surface area contributed by atoms with Crippen molar-refractivity contribution in [3.63, 3.8) is 0 Å². The first kappa shape index (κ1) is 14.8. The zero-order valence-corrected chi connectivity index (χ0v) is 13.7. The summed E-state index contributed by atoms with van der Waals surface area (Å²) in [7, 11) is 0. The molecule has 3 rings (SSSR count). The summed E-state index contributed by atoms with van der Waals surface area (Å²) in [5.74, 6) is -1.09. The Labute approximate surface area is 138 Å². The molecule has 2 aromatic rings. The minimum atomic E-state index is -1.09. The summed E-state index contributed by atoms with van der Waals surface area (Å²) in [4.78, 5) is 11.3. The van der Waals surface area contributed by atoms with Gasteiger partial charge in [0.25, 0.3) is 0 Å². The van der Waals surface area contributed by atoms with Crippen LogP contribution in [0.2, 0.25) is 10.0 Å². The van der Waals surface area contributed by atoms with Gasteiger partial charge in [0.2, 0.25) is 0 Å². The van der Waals surface area contributed by atoms with Crippen LogP contribution in [0, 0.1) is 0 Å². The molecule has 5 nitrogen and oxygen atoms in total. The van der Waals surface area contributed by atoms with E-state index in [1.807, 2.05) is 0 Å². The maximum atomic E-state index is 11.3. The molecule has 1 N–H and O–H groups in total. The van der Waals surface area contributed by atoms with E-state index in [2.05, 4.69) is 21.0 Å². The summed E-state index contributed by atoms with van der Waals surface area (Å²) in [5.41, 5.74) is 1.91. The molecule has 1 aromatic heterocycles. The van der Waals surface area contributed by atoms with Gasteiger partial charge in [-0.2, -0.15) is 5.10 Å². The molecule has 21 heavy (non-hydrogen) atoms. The van der Waals surface area contributed by atoms with E-state index in [0.717, 1.165) is 5.69 Å². The monoisotopic (exact) mass is 390 g/mol. The summed E-state index contributed by atoms with van der Waals surface area (Å²) in [5, 5.41) is 14.1. The van der Waals surface area contributed by atoms with Crippen molar-refractivity contribution in [2.75, 3.05) is 6.61 Å². The number of carbonyl (C=O) groups is 1. The SMILES string of the molecule is O=C(O)c1nn(-c2ccc(Br)c(Cl)c2Cl)c2c1COCC2. The molecule has 1 aromatic carbocycles. The van der Waals surface area contributed by atoms with Crippen LogP contribution in [0.15, 0.2) is 16.6 Å². The van der Waals surface area contributed by atoms with Crippen LogP contribution in [-0.4, -0.2) is 27.5 Å². The Hall–Kier alpha value is -1.08. The Balaban J connectivity index is 2.24. The fourth-order valence-electron chi connectivity index (χ4n) is 2.29. The van der Waals surface area contributed by atoms with E-state index in [-0.39, 0.29) is 12.3 Å². The highest BCUT2D eigenvalue weighted by molar-refractivity contribution is 9.10. The van der Waals surface area contributed by atoms with Crippen molar-refractivity contribution in [1.29, 1.82) is 0 Å².